The molecular weight excluding hydrogens is 387 g/mol. The molecule has 0 atom stereocenters. The summed E-state index contributed by atoms with van der Waals surface area (Å²) in [5.74, 6) is 0.261. The third-order valence-electron chi connectivity index (χ3n) is 3.60. The number of rotatable bonds is 4. The zero-order valence-corrected chi connectivity index (χ0v) is 15.3. The monoisotopic (exact) mass is 398 g/mol. The number of hydrogen-bond acceptors (Lipinski definition) is 4. The maximum Gasteiger partial charge on any atom is 0.266 e. The minimum absolute atomic E-state index is 0.0758. The van der Waals surface area contributed by atoms with Crippen molar-refractivity contribution >= 4 is 40.9 Å². The average molecular weight is 399 g/mol. The van der Waals surface area contributed by atoms with Gasteiger partial charge in [0.15, 0.2) is 0 Å². The molecule has 1 heterocycles. The summed E-state index contributed by atoms with van der Waals surface area (Å²) < 4.78 is 5.67. The Bertz CT molecular complexity index is 1060. The van der Waals surface area contributed by atoms with Gasteiger partial charge in [-0.2, -0.15) is 5.26 Å². The quantitative estimate of drug-likeness (QED) is 0.344. The van der Waals surface area contributed by atoms with Crippen LogP contribution in [-0.2, 0) is 4.79 Å². The Balaban J connectivity index is 1.83. The largest absolute Gasteiger partial charge is 0.508 e. The number of amides is 1. The van der Waals surface area contributed by atoms with Crippen molar-refractivity contribution < 1.29 is 14.3 Å². The molecule has 0 saturated heterocycles. The molecule has 27 heavy (non-hydrogen) atoms. The third kappa shape index (κ3) is 4.50. The number of halogens is 2. The summed E-state index contributed by atoms with van der Waals surface area (Å²) in [5.41, 5.74) is 0.918. The van der Waals surface area contributed by atoms with Crippen molar-refractivity contribution in [2.45, 2.75) is 0 Å². The molecule has 0 aliphatic carbocycles. The van der Waals surface area contributed by atoms with Gasteiger partial charge >= 0.3 is 0 Å². The topological polar surface area (TPSA) is 86.3 Å². The molecular formula is C20H12Cl2N2O3. The molecule has 3 rings (SSSR count). The van der Waals surface area contributed by atoms with E-state index in [4.69, 9.17) is 27.6 Å². The van der Waals surface area contributed by atoms with Crippen LogP contribution in [-0.4, -0.2) is 11.0 Å². The highest BCUT2D eigenvalue weighted by molar-refractivity contribution is 6.35. The van der Waals surface area contributed by atoms with Crippen LogP contribution in [0.25, 0.3) is 17.4 Å². The molecule has 5 nitrogen and oxygen atoms in total. The lowest BCUT2D eigenvalue weighted by Crippen LogP contribution is -2.13. The van der Waals surface area contributed by atoms with E-state index in [-0.39, 0.29) is 11.3 Å². The van der Waals surface area contributed by atoms with Crippen LogP contribution < -0.4 is 5.32 Å². The van der Waals surface area contributed by atoms with Gasteiger partial charge in [-0.3, -0.25) is 4.79 Å². The number of hydrogen-bond donors (Lipinski definition) is 2. The minimum atomic E-state index is -0.595. The summed E-state index contributed by atoms with van der Waals surface area (Å²) in [6.45, 7) is 0. The van der Waals surface area contributed by atoms with Gasteiger partial charge in [-0.15, -0.1) is 0 Å². The molecule has 0 spiro atoms. The summed E-state index contributed by atoms with van der Waals surface area (Å²) in [5, 5.41) is 22.1. The Morgan fingerprint density at radius 2 is 1.85 bits per heavy atom. The summed E-state index contributed by atoms with van der Waals surface area (Å²) in [6.07, 6.45) is 1.33. The standard InChI is InChI=1S/C20H12Cl2N2O3/c21-13-1-7-18(22)17(10-13)19-8-6-16(27-19)9-12(11-23)20(26)24-14-2-4-15(25)5-3-14/h1-10,25H,(H,24,26)/b12-9+. The van der Waals surface area contributed by atoms with Crippen LogP contribution in [0.2, 0.25) is 10.0 Å². The molecule has 2 aromatic carbocycles. The Hall–Kier alpha value is -3.20. The normalized spacial score (nSPS) is 11.1. The second-order valence-electron chi connectivity index (χ2n) is 5.50. The van der Waals surface area contributed by atoms with E-state index in [9.17, 15) is 15.2 Å². The number of carbonyl (C=O) groups excluding carboxylic acids is 1. The molecule has 1 amide bonds. The number of nitriles is 1. The van der Waals surface area contributed by atoms with E-state index < -0.39 is 5.91 Å². The number of aromatic hydroxyl groups is 1. The summed E-state index contributed by atoms with van der Waals surface area (Å²) in [6, 6.07) is 16.0. The van der Waals surface area contributed by atoms with Crippen LogP contribution >= 0.6 is 23.2 Å². The van der Waals surface area contributed by atoms with Gasteiger partial charge in [0.2, 0.25) is 0 Å². The highest BCUT2D eigenvalue weighted by atomic mass is 35.5. The second kappa shape index (κ2) is 8.00. The number of furan rings is 1. The Kier molecular flexibility index (Phi) is 5.51. The Labute approximate surface area is 165 Å². The van der Waals surface area contributed by atoms with Crippen molar-refractivity contribution in [1.29, 1.82) is 5.26 Å². The first kappa shape index (κ1) is 18.6. The maximum absolute atomic E-state index is 12.3. The zero-order valence-electron chi connectivity index (χ0n) is 13.7. The van der Waals surface area contributed by atoms with Crippen LogP contribution in [0.1, 0.15) is 5.76 Å². The highest BCUT2D eigenvalue weighted by Crippen LogP contribution is 2.32. The molecule has 0 radical (unpaired) electrons. The number of nitrogens with zero attached hydrogens (tertiary/aromatic N) is 1. The molecule has 3 aromatic rings. The molecule has 2 N–H and O–H groups in total. The minimum Gasteiger partial charge on any atom is -0.508 e. The molecule has 134 valence electrons. The lowest BCUT2D eigenvalue weighted by Gasteiger charge is -2.04. The summed E-state index contributed by atoms with van der Waals surface area (Å²) in [4.78, 5) is 12.3. The van der Waals surface area contributed by atoms with Crippen molar-refractivity contribution in [3.05, 3.63) is 76.0 Å². The first-order valence-electron chi connectivity index (χ1n) is 7.73. The van der Waals surface area contributed by atoms with E-state index in [1.807, 2.05) is 6.07 Å². The van der Waals surface area contributed by atoms with Gasteiger partial charge in [-0.05, 0) is 54.6 Å². The first-order valence-corrected chi connectivity index (χ1v) is 8.49. The van der Waals surface area contributed by atoms with Crippen molar-refractivity contribution in [2.24, 2.45) is 0 Å². The molecule has 0 saturated carbocycles. The molecule has 7 heteroatoms. The zero-order chi connectivity index (χ0) is 19.4. The van der Waals surface area contributed by atoms with Crippen molar-refractivity contribution in [2.75, 3.05) is 5.32 Å². The van der Waals surface area contributed by atoms with Gasteiger partial charge in [-0.1, -0.05) is 23.2 Å². The van der Waals surface area contributed by atoms with E-state index in [1.54, 1.807) is 30.3 Å². The predicted octanol–water partition coefficient (Wildman–Crippen LogP) is 5.50. The van der Waals surface area contributed by atoms with Crippen LogP contribution in [0.3, 0.4) is 0 Å². The fraction of sp³-hybridized carbons (Fsp3) is 0. The van der Waals surface area contributed by atoms with Crippen LogP contribution in [0.4, 0.5) is 5.69 Å². The van der Waals surface area contributed by atoms with Gasteiger partial charge in [0.05, 0.1) is 5.02 Å². The van der Waals surface area contributed by atoms with Crippen LogP contribution in [0.5, 0.6) is 5.75 Å². The SMILES string of the molecule is N#C/C(=C\c1ccc(-c2cc(Cl)ccc2Cl)o1)C(=O)Nc1ccc(O)cc1. The van der Waals surface area contributed by atoms with E-state index in [2.05, 4.69) is 5.32 Å². The Morgan fingerprint density at radius 1 is 1.11 bits per heavy atom. The van der Waals surface area contributed by atoms with Crippen molar-refractivity contribution in [3.8, 4) is 23.1 Å². The lowest BCUT2D eigenvalue weighted by atomic mass is 10.2. The van der Waals surface area contributed by atoms with E-state index in [1.165, 1.54) is 30.3 Å². The second-order valence-corrected chi connectivity index (χ2v) is 6.34. The van der Waals surface area contributed by atoms with Crippen molar-refractivity contribution in [3.63, 3.8) is 0 Å². The first-order chi connectivity index (χ1) is 13.0. The number of phenols is 1. The average Bonchev–Trinajstić information content (AvgIpc) is 3.12. The number of phenolic OH excluding ortho intramolecular Hbond substituents is 1. The third-order valence-corrected chi connectivity index (χ3v) is 4.16. The fourth-order valence-electron chi connectivity index (χ4n) is 2.30. The number of anilines is 1. The van der Waals surface area contributed by atoms with Gasteiger partial charge < -0.3 is 14.8 Å². The number of carbonyl (C=O) groups is 1. The number of benzene rings is 2. The van der Waals surface area contributed by atoms with Crippen LogP contribution in [0.15, 0.2) is 64.6 Å². The van der Waals surface area contributed by atoms with E-state index in [0.29, 0.717) is 32.8 Å². The number of nitrogens with one attached hydrogen (secondary N) is 1. The predicted molar refractivity (Wildman–Crippen MR) is 104 cm³/mol. The molecule has 1 aromatic heterocycles. The van der Waals surface area contributed by atoms with E-state index in [0.717, 1.165) is 0 Å². The summed E-state index contributed by atoms with van der Waals surface area (Å²) >= 11 is 12.1. The van der Waals surface area contributed by atoms with E-state index >= 15 is 0 Å². The highest BCUT2D eigenvalue weighted by Gasteiger charge is 2.13. The molecule has 0 aliphatic rings. The Morgan fingerprint density at radius 3 is 2.56 bits per heavy atom. The lowest BCUT2D eigenvalue weighted by molar-refractivity contribution is -0.112. The van der Waals surface area contributed by atoms with Gasteiger partial charge in [0, 0.05) is 22.3 Å². The molecule has 0 bridgehead atoms. The van der Waals surface area contributed by atoms with Crippen molar-refractivity contribution in [1.82, 2.24) is 0 Å². The van der Waals surface area contributed by atoms with Gasteiger partial charge in [0.1, 0.15) is 28.9 Å². The van der Waals surface area contributed by atoms with Gasteiger partial charge in [-0.25, -0.2) is 0 Å². The molecule has 0 unspecified atom stereocenters. The van der Waals surface area contributed by atoms with Gasteiger partial charge in [0.25, 0.3) is 5.91 Å². The smallest absolute Gasteiger partial charge is 0.266 e. The maximum atomic E-state index is 12.3. The summed E-state index contributed by atoms with van der Waals surface area (Å²) in [7, 11) is 0. The fourth-order valence-corrected chi connectivity index (χ4v) is 2.68. The molecule has 0 fully saturated rings. The van der Waals surface area contributed by atoms with Crippen LogP contribution in [0, 0.1) is 11.3 Å². The molecule has 0 aliphatic heterocycles.